The van der Waals surface area contributed by atoms with Crippen molar-refractivity contribution >= 4 is 62.4 Å². The lowest BCUT2D eigenvalue weighted by atomic mass is 10.2. The summed E-state index contributed by atoms with van der Waals surface area (Å²) in [6, 6.07) is 5.05. The zero-order valence-electron chi connectivity index (χ0n) is 13.9. The highest BCUT2D eigenvalue weighted by atomic mass is 79.9. The molecule has 1 amide bonds. The summed E-state index contributed by atoms with van der Waals surface area (Å²) < 4.78 is 63.4. The molecule has 0 saturated carbocycles. The summed E-state index contributed by atoms with van der Waals surface area (Å²) in [7, 11) is -9.59. The van der Waals surface area contributed by atoms with Gasteiger partial charge in [0.2, 0.25) is 0 Å². The summed E-state index contributed by atoms with van der Waals surface area (Å²) in [6.45, 7) is 0. The van der Waals surface area contributed by atoms with Crippen molar-refractivity contribution in [2.24, 2.45) is 0 Å². The lowest BCUT2D eigenvalue weighted by Gasteiger charge is -2.09. The van der Waals surface area contributed by atoms with E-state index in [0.29, 0.717) is 32.5 Å². The van der Waals surface area contributed by atoms with Crippen LogP contribution in [0.15, 0.2) is 41.1 Å². The van der Waals surface area contributed by atoms with Crippen molar-refractivity contribution in [2.45, 2.75) is 0 Å². The predicted octanol–water partition coefficient (Wildman–Crippen LogP) is 2.60. The largest absolute Gasteiger partial charge is 0.341 e. The Labute approximate surface area is 171 Å². The van der Waals surface area contributed by atoms with Crippen LogP contribution in [-0.2, 0) is 17.9 Å². The van der Waals surface area contributed by atoms with Gasteiger partial charge in [-0.1, -0.05) is 11.6 Å². The Morgan fingerprint density at radius 1 is 1.25 bits per heavy atom. The number of carbonyl (C=O) groups is 1. The number of rotatable bonds is 4. The van der Waals surface area contributed by atoms with Gasteiger partial charge in [0, 0.05) is 27.9 Å². The van der Waals surface area contributed by atoms with E-state index in [4.69, 9.17) is 11.6 Å². The van der Waals surface area contributed by atoms with Gasteiger partial charge in [-0.2, -0.15) is 8.42 Å². The van der Waals surface area contributed by atoms with Gasteiger partial charge in [-0.05, 0) is 40.2 Å². The molecule has 0 fully saturated rings. The van der Waals surface area contributed by atoms with Gasteiger partial charge in [0.1, 0.15) is 11.5 Å². The molecule has 3 rings (SSSR count). The van der Waals surface area contributed by atoms with E-state index in [1.165, 1.54) is 21.6 Å². The zero-order chi connectivity index (χ0) is 20.9. The van der Waals surface area contributed by atoms with Crippen molar-refractivity contribution in [1.82, 2.24) is 14.3 Å². The molecule has 0 aliphatic heterocycles. The third-order valence-electron chi connectivity index (χ3n) is 3.65. The number of halogens is 3. The van der Waals surface area contributed by atoms with Gasteiger partial charge in [-0.3, -0.25) is 4.79 Å². The molecule has 0 aliphatic rings. The van der Waals surface area contributed by atoms with Crippen LogP contribution < -0.4 is 4.72 Å². The summed E-state index contributed by atoms with van der Waals surface area (Å²) in [4.78, 5) is 16.2. The summed E-state index contributed by atoms with van der Waals surface area (Å²) in [6.07, 6.45) is 3.45. The topological polar surface area (TPSA) is 115 Å². The van der Waals surface area contributed by atoms with Crippen LogP contribution in [0.5, 0.6) is 0 Å². The molecule has 0 atom stereocenters. The number of pyridine rings is 1. The maximum Gasteiger partial charge on any atom is 0.341 e. The molecule has 148 valence electrons. The third kappa shape index (κ3) is 3.77. The van der Waals surface area contributed by atoms with Gasteiger partial charge in [0.25, 0.3) is 14.8 Å². The van der Waals surface area contributed by atoms with Crippen LogP contribution in [0.25, 0.3) is 16.7 Å². The van der Waals surface area contributed by atoms with Crippen molar-refractivity contribution in [3.8, 4) is 5.69 Å². The van der Waals surface area contributed by atoms with E-state index in [-0.39, 0.29) is 0 Å². The highest BCUT2D eigenvalue weighted by molar-refractivity contribution is 9.10. The van der Waals surface area contributed by atoms with E-state index in [0.717, 1.165) is 12.1 Å². The van der Waals surface area contributed by atoms with E-state index in [9.17, 15) is 26.0 Å². The summed E-state index contributed by atoms with van der Waals surface area (Å²) in [5.41, 5.74) is 0.126. The Bertz CT molecular complexity index is 1340. The van der Waals surface area contributed by atoms with Crippen molar-refractivity contribution in [1.29, 1.82) is 0 Å². The Balaban J connectivity index is 2.01. The lowest BCUT2D eigenvalue weighted by Crippen LogP contribution is -2.35. The Morgan fingerprint density at radius 3 is 2.54 bits per heavy atom. The first-order chi connectivity index (χ1) is 12.9. The number of amides is 1. The number of nitrogens with zero attached hydrogens (tertiary/aromatic N) is 2. The number of benzene rings is 1. The van der Waals surface area contributed by atoms with Gasteiger partial charge < -0.3 is 4.57 Å². The second-order valence-corrected chi connectivity index (χ2v) is 12.6. The first-order valence-corrected chi connectivity index (χ1v) is 12.4. The molecule has 2 heterocycles. The van der Waals surface area contributed by atoms with Crippen molar-refractivity contribution < 1.29 is 26.0 Å². The van der Waals surface area contributed by atoms with Crippen molar-refractivity contribution in [3.05, 3.63) is 57.5 Å². The summed E-state index contributed by atoms with van der Waals surface area (Å²) in [5.74, 6) is -2.46. The quantitative estimate of drug-likeness (QED) is 0.540. The smallest absolute Gasteiger partial charge is 0.300 e. The standard InChI is InChI=1S/C15H10BrClFN3O5S2/c1-27(23,24)28(25,26)20-15(22)10-3-2-9(5-13(10)18)21-7-12(16)11-4-8(17)6-19-14(11)21/h2-7H,1H3,(H,20,22). The third-order valence-corrected chi connectivity index (χ3v) is 8.37. The Kier molecular flexibility index (Phi) is 5.25. The molecule has 8 nitrogen and oxygen atoms in total. The number of carbonyl (C=O) groups excluding carboxylic acids is 1. The molecular formula is C15H10BrClFN3O5S2. The van der Waals surface area contributed by atoms with Crippen LogP contribution in [0.1, 0.15) is 10.4 Å². The molecule has 28 heavy (non-hydrogen) atoms. The molecular weight excluding hydrogens is 501 g/mol. The normalized spacial score (nSPS) is 12.3. The molecule has 13 heteroatoms. The highest BCUT2D eigenvalue weighted by Gasteiger charge is 2.28. The number of hydrogen-bond donors (Lipinski definition) is 1. The Morgan fingerprint density at radius 2 is 1.93 bits per heavy atom. The minimum atomic E-state index is -4.98. The van der Waals surface area contributed by atoms with E-state index < -0.39 is 35.2 Å². The van der Waals surface area contributed by atoms with Gasteiger partial charge in [-0.25, -0.2) is 22.5 Å². The highest BCUT2D eigenvalue weighted by Crippen LogP contribution is 2.30. The van der Waals surface area contributed by atoms with Crippen LogP contribution in [0.2, 0.25) is 5.02 Å². The second-order valence-electron chi connectivity index (χ2n) is 5.63. The molecule has 1 aromatic carbocycles. The number of nitrogens with one attached hydrogen (secondary N) is 1. The molecule has 2 aromatic heterocycles. The average molecular weight is 511 g/mol. The number of aromatic nitrogens is 2. The van der Waals surface area contributed by atoms with E-state index in [1.54, 1.807) is 12.3 Å². The molecule has 3 aromatic rings. The summed E-state index contributed by atoms with van der Waals surface area (Å²) in [5, 5.41) is 1.09. The molecule has 0 aliphatic carbocycles. The van der Waals surface area contributed by atoms with Gasteiger partial charge in [0.05, 0.1) is 16.8 Å². The van der Waals surface area contributed by atoms with Crippen LogP contribution in [-0.4, -0.2) is 38.5 Å². The molecule has 0 spiro atoms. The minimum Gasteiger partial charge on any atom is -0.300 e. The molecule has 0 radical (unpaired) electrons. The fourth-order valence-electron chi connectivity index (χ4n) is 2.32. The minimum absolute atomic E-state index is 0.297. The number of hydrogen-bond acceptors (Lipinski definition) is 6. The lowest BCUT2D eigenvalue weighted by molar-refractivity contribution is 0.0978. The van der Waals surface area contributed by atoms with E-state index in [1.807, 2.05) is 0 Å². The maximum atomic E-state index is 14.5. The molecule has 0 bridgehead atoms. The zero-order valence-corrected chi connectivity index (χ0v) is 17.8. The van der Waals surface area contributed by atoms with Crippen molar-refractivity contribution in [3.63, 3.8) is 0 Å². The predicted molar refractivity (Wildman–Crippen MR) is 105 cm³/mol. The van der Waals surface area contributed by atoms with E-state index in [2.05, 4.69) is 20.9 Å². The monoisotopic (exact) mass is 509 g/mol. The maximum absolute atomic E-state index is 14.5. The summed E-state index contributed by atoms with van der Waals surface area (Å²) >= 11 is 9.28. The molecule has 0 saturated heterocycles. The average Bonchev–Trinajstić information content (AvgIpc) is 2.89. The molecule has 0 unspecified atom stereocenters. The van der Waals surface area contributed by atoms with Gasteiger partial charge in [-0.15, -0.1) is 0 Å². The first kappa shape index (κ1) is 20.7. The second kappa shape index (κ2) is 7.10. The first-order valence-electron chi connectivity index (χ1n) is 7.30. The fourth-order valence-corrected chi connectivity index (χ4v) is 4.15. The van der Waals surface area contributed by atoms with Crippen molar-refractivity contribution in [2.75, 3.05) is 6.26 Å². The molecule has 1 N–H and O–H groups in total. The fraction of sp³-hybridized carbons (Fsp3) is 0.0667. The van der Waals surface area contributed by atoms with Crippen LogP contribution in [0.4, 0.5) is 4.39 Å². The van der Waals surface area contributed by atoms with E-state index >= 15 is 0 Å². The van der Waals surface area contributed by atoms with Crippen LogP contribution in [0, 0.1) is 5.82 Å². The van der Waals surface area contributed by atoms with Crippen LogP contribution in [0.3, 0.4) is 0 Å². The number of fused-ring (bicyclic) bond motifs is 1. The van der Waals surface area contributed by atoms with Gasteiger partial charge in [0.15, 0.2) is 0 Å². The van der Waals surface area contributed by atoms with Crippen LogP contribution >= 0.6 is 27.5 Å². The SMILES string of the molecule is CS(=O)(=O)S(=O)(=O)NC(=O)c1ccc(-n2cc(Br)c3cc(Cl)cnc32)cc1F. The van der Waals surface area contributed by atoms with Gasteiger partial charge >= 0.3 is 9.06 Å². The Hall–Kier alpha value is -2.02.